The maximum atomic E-state index is 14.6. The van der Waals surface area contributed by atoms with Crippen molar-refractivity contribution in [1.29, 1.82) is 0 Å². The van der Waals surface area contributed by atoms with Gasteiger partial charge < -0.3 is 19.7 Å². The van der Waals surface area contributed by atoms with Crippen molar-refractivity contribution in [1.82, 2.24) is 5.32 Å². The number of hydrogen-bond acceptors (Lipinski definition) is 5. The molecule has 0 bridgehead atoms. The van der Waals surface area contributed by atoms with Crippen LogP contribution in [0.4, 0.5) is 25.4 Å². The number of anilines is 2. The second-order valence-corrected chi connectivity index (χ2v) is 7.75. The number of benzene rings is 1. The van der Waals surface area contributed by atoms with Crippen LogP contribution in [0.5, 0.6) is 0 Å². The molecule has 1 aromatic carbocycles. The zero-order valence-electron chi connectivity index (χ0n) is 16.4. The van der Waals surface area contributed by atoms with E-state index >= 15 is 0 Å². The van der Waals surface area contributed by atoms with Gasteiger partial charge in [0.1, 0.15) is 17.5 Å². The van der Waals surface area contributed by atoms with Crippen molar-refractivity contribution in [2.75, 3.05) is 29.4 Å². The Morgan fingerprint density at radius 3 is 2.71 bits per heavy atom. The summed E-state index contributed by atoms with van der Waals surface area (Å²) in [5.74, 6) is -0.722. The van der Waals surface area contributed by atoms with Crippen LogP contribution in [0.3, 0.4) is 0 Å². The van der Waals surface area contributed by atoms with E-state index in [-0.39, 0.29) is 31.1 Å². The lowest BCUT2D eigenvalue weighted by molar-refractivity contribution is -0.117. The Bertz CT molecular complexity index is 821. The zero-order chi connectivity index (χ0) is 20.6. The number of rotatable bonds is 4. The number of nitrogens with one attached hydrogen (secondary N) is 1. The van der Waals surface area contributed by atoms with Gasteiger partial charge in [-0.3, -0.25) is 9.69 Å². The molecular weight excluding hydrogens is 369 g/mol. The smallest absolute Gasteiger partial charge is 0.414 e. The lowest BCUT2D eigenvalue weighted by atomic mass is 10.1. The summed E-state index contributed by atoms with van der Waals surface area (Å²) in [6, 6.07) is 2.86. The third-order valence-corrected chi connectivity index (χ3v) is 4.41. The Labute approximate surface area is 162 Å². The van der Waals surface area contributed by atoms with Gasteiger partial charge in [-0.05, 0) is 45.4 Å². The number of fused-ring (bicyclic) bond motifs is 1. The number of carbonyl (C=O) groups excluding carboxylic acids is 3. The van der Waals surface area contributed by atoms with Gasteiger partial charge in [-0.15, -0.1) is 0 Å². The van der Waals surface area contributed by atoms with Gasteiger partial charge in [-0.25, -0.2) is 14.0 Å². The second-order valence-electron chi connectivity index (χ2n) is 7.75. The molecule has 1 N–H and O–H groups in total. The number of hydrogen-bond donors (Lipinski definition) is 1. The predicted octanol–water partition coefficient (Wildman–Crippen LogP) is 2.58. The lowest BCUT2D eigenvalue weighted by Crippen LogP contribution is -2.38. The quantitative estimate of drug-likeness (QED) is 0.850. The van der Waals surface area contributed by atoms with E-state index in [1.165, 1.54) is 15.9 Å². The van der Waals surface area contributed by atoms with Gasteiger partial charge in [0.25, 0.3) is 0 Å². The molecule has 2 heterocycles. The molecule has 0 spiro atoms. The SMILES string of the molecule is CCN1C(=O)Cc2cc(N3C[C@H](CNC(=O)OC(C)(C)C)OC3=O)cc(F)c21. The summed E-state index contributed by atoms with van der Waals surface area (Å²) in [4.78, 5) is 38.7. The second kappa shape index (κ2) is 7.29. The molecule has 3 rings (SSSR count). The van der Waals surface area contributed by atoms with E-state index in [2.05, 4.69) is 5.32 Å². The van der Waals surface area contributed by atoms with Crippen LogP contribution in [0, 0.1) is 5.82 Å². The Kier molecular flexibility index (Phi) is 5.18. The summed E-state index contributed by atoms with van der Waals surface area (Å²) in [7, 11) is 0. The first-order chi connectivity index (χ1) is 13.1. The number of amides is 3. The third kappa shape index (κ3) is 4.02. The number of nitrogens with zero attached hydrogens (tertiary/aromatic N) is 2. The number of halogens is 1. The Balaban J connectivity index is 1.68. The van der Waals surface area contributed by atoms with Crippen LogP contribution in [0.25, 0.3) is 0 Å². The van der Waals surface area contributed by atoms with Crippen molar-refractivity contribution < 1.29 is 28.2 Å². The molecular formula is C19H24FN3O5. The molecule has 0 aliphatic carbocycles. The van der Waals surface area contributed by atoms with Gasteiger partial charge in [0.15, 0.2) is 0 Å². The van der Waals surface area contributed by atoms with Crippen molar-refractivity contribution in [2.24, 2.45) is 0 Å². The number of likely N-dealkylation sites (N-methyl/N-ethyl adjacent to an activating group) is 1. The van der Waals surface area contributed by atoms with Gasteiger partial charge in [0, 0.05) is 6.54 Å². The van der Waals surface area contributed by atoms with Crippen molar-refractivity contribution in [3.05, 3.63) is 23.5 Å². The van der Waals surface area contributed by atoms with Gasteiger partial charge in [-0.1, -0.05) is 0 Å². The summed E-state index contributed by atoms with van der Waals surface area (Å²) in [6.07, 6.45) is -1.73. The minimum Gasteiger partial charge on any atom is -0.444 e. The molecule has 1 atom stereocenters. The van der Waals surface area contributed by atoms with Gasteiger partial charge in [-0.2, -0.15) is 0 Å². The number of cyclic esters (lactones) is 1. The fourth-order valence-corrected chi connectivity index (χ4v) is 3.30. The largest absolute Gasteiger partial charge is 0.444 e. The van der Waals surface area contributed by atoms with Crippen molar-refractivity contribution >= 4 is 29.5 Å². The summed E-state index contributed by atoms with van der Waals surface area (Å²) < 4.78 is 25.0. The van der Waals surface area contributed by atoms with Gasteiger partial charge >= 0.3 is 12.2 Å². The van der Waals surface area contributed by atoms with E-state index in [0.717, 1.165) is 0 Å². The van der Waals surface area contributed by atoms with E-state index in [1.54, 1.807) is 33.8 Å². The minimum atomic E-state index is -0.632. The first-order valence-corrected chi connectivity index (χ1v) is 9.17. The van der Waals surface area contributed by atoms with Crippen molar-refractivity contribution in [3.8, 4) is 0 Å². The molecule has 2 aliphatic heterocycles. The van der Waals surface area contributed by atoms with Crippen LogP contribution in [0.2, 0.25) is 0 Å². The number of carbonyl (C=O) groups is 3. The normalized spacial score (nSPS) is 19.0. The van der Waals surface area contributed by atoms with Crippen LogP contribution in [-0.2, 0) is 20.7 Å². The van der Waals surface area contributed by atoms with Crippen LogP contribution in [-0.4, -0.2) is 49.4 Å². The molecule has 0 saturated carbocycles. The molecule has 2 aliphatic rings. The summed E-state index contributed by atoms with van der Waals surface area (Å²) >= 11 is 0. The molecule has 0 aromatic heterocycles. The molecule has 0 unspecified atom stereocenters. The Morgan fingerprint density at radius 2 is 2.07 bits per heavy atom. The molecule has 0 radical (unpaired) electrons. The lowest BCUT2D eigenvalue weighted by Gasteiger charge is -2.20. The molecule has 9 heteroatoms. The fourth-order valence-electron chi connectivity index (χ4n) is 3.30. The Morgan fingerprint density at radius 1 is 1.36 bits per heavy atom. The number of ether oxygens (including phenoxy) is 2. The topological polar surface area (TPSA) is 88.2 Å². The van der Waals surface area contributed by atoms with Crippen LogP contribution in [0.15, 0.2) is 12.1 Å². The summed E-state index contributed by atoms with van der Waals surface area (Å²) in [5, 5.41) is 2.56. The third-order valence-electron chi connectivity index (χ3n) is 4.41. The highest BCUT2D eigenvalue weighted by Gasteiger charge is 2.36. The highest BCUT2D eigenvalue weighted by atomic mass is 19.1. The standard InChI is InChI=1S/C19H24FN3O5/c1-5-22-15(24)7-11-6-12(8-14(20)16(11)22)23-10-13(27-18(23)26)9-21-17(25)28-19(2,3)4/h6,8,13H,5,7,9-10H2,1-4H3,(H,21,25)/t13-/m0/s1. The molecule has 152 valence electrons. The molecule has 8 nitrogen and oxygen atoms in total. The molecule has 1 saturated heterocycles. The highest BCUT2D eigenvalue weighted by Crippen LogP contribution is 2.36. The maximum absolute atomic E-state index is 14.6. The van der Waals surface area contributed by atoms with E-state index in [9.17, 15) is 18.8 Å². The summed E-state index contributed by atoms with van der Waals surface area (Å²) in [5.41, 5.74) is 0.512. The van der Waals surface area contributed by atoms with E-state index in [0.29, 0.717) is 17.8 Å². The first-order valence-electron chi connectivity index (χ1n) is 9.17. The van der Waals surface area contributed by atoms with Gasteiger partial charge in [0.2, 0.25) is 5.91 Å². The predicted molar refractivity (Wildman–Crippen MR) is 100.0 cm³/mol. The van der Waals surface area contributed by atoms with E-state index < -0.39 is 29.7 Å². The number of alkyl carbamates (subject to hydrolysis) is 1. The van der Waals surface area contributed by atoms with E-state index in [1.807, 2.05) is 0 Å². The average molecular weight is 393 g/mol. The maximum Gasteiger partial charge on any atom is 0.414 e. The van der Waals surface area contributed by atoms with Crippen molar-refractivity contribution in [3.63, 3.8) is 0 Å². The van der Waals surface area contributed by atoms with Crippen molar-refractivity contribution in [2.45, 2.75) is 45.8 Å². The Hall–Kier alpha value is -2.84. The fraction of sp³-hybridized carbons (Fsp3) is 0.526. The van der Waals surface area contributed by atoms with Crippen LogP contribution >= 0.6 is 0 Å². The van der Waals surface area contributed by atoms with Gasteiger partial charge in [0.05, 0.1) is 30.9 Å². The average Bonchev–Trinajstić information content (AvgIpc) is 3.10. The van der Waals surface area contributed by atoms with Crippen LogP contribution in [0.1, 0.15) is 33.3 Å². The van der Waals surface area contributed by atoms with E-state index in [4.69, 9.17) is 9.47 Å². The van der Waals surface area contributed by atoms with Crippen LogP contribution < -0.4 is 15.1 Å². The molecule has 28 heavy (non-hydrogen) atoms. The molecule has 1 fully saturated rings. The minimum absolute atomic E-state index is 0.0761. The summed E-state index contributed by atoms with van der Waals surface area (Å²) in [6.45, 7) is 7.63. The molecule has 3 amide bonds. The monoisotopic (exact) mass is 393 g/mol. The highest BCUT2D eigenvalue weighted by molar-refractivity contribution is 6.02. The molecule has 1 aromatic rings. The zero-order valence-corrected chi connectivity index (χ0v) is 16.4. The first kappa shape index (κ1) is 19.9.